The molecular formula is C17H25N3O5S. The SMILES string of the molecule is CC(C)[C@H](N)C(=O)N[C@@H](CS)C(=O)N[C@@H](Cc1ccc(O)cc1)C(=O)O. The summed E-state index contributed by atoms with van der Waals surface area (Å²) in [7, 11) is 0. The normalized spacial score (nSPS) is 14.3. The van der Waals surface area contributed by atoms with Gasteiger partial charge in [-0.05, 0) is 23.6 Å². The van der Waals surface area contributed by atoms with Gasteiger partial charge in [0.15, 0.2) is 0 Å². The summed E-state index contributed by atoms with van der Waals surface area (Å²) in [5.74, 6) is -2.43. The Morgan fingerprint density at radius 3 is 2.08 bits per heavy atom. The average molecular weight is 383 g/mol. The molecule has 9 heteroatoms. The molecule has 6 N–H and O–H groups in total. The van der Waals surface area contributed by atoms with Crippen LogP contribution in [0.4, 0.5) is 0 Å². The molecule has 0 unspecified atom stereocenters. The summed E-state index contributed by atoms with van der Waals surface area (Å²) in [6.07, 6.45) is 0.0279. The van der Waals surface area contributed by atoms with Crippen LogP contribution in [0.1, 0.15) is 19.4 Å². The molecule has 0 saturated heterocycles. The molecule has 2 amide bonds. The van der Waals surface area contributed by atoms with Gasteiger partial charge in [0.1, 0.15) is 17.8 Å². The Kier molecular flexibility index (Phi) is 8.40. The number of nitrogens with one attached hydrogen (secondary N) is 2. The first-order valence-electron chi connectivity index (χ1n) is 8.13. The van der Waals surface area contributed by atoms with E-state index in [1.165, 1.54) is 12.1 Å². The molecule has 1 aromatic rings. The minimum atomic E-state index is -1.21. The Labute approximate surface area is 157 Å². The average Bonchev–Trinajstić information content (AvgIpc) is 2.59. The summed E-state index contributed by atoms with van der Waals surface area (Å²) >= 11 is 4.04. The van der Waals surface area contributed by atoms with Crippen molar-refractivity contribution in [2.24, 2.45) is 11.7 Å². The first kappa shape index (κ1) is 21.8. The number of aromatic hydroxyl groups is 1. The Morgan fingerprint density at radius 1 is 1.08 bits per heavy atom. The van der Waals surface area contributed by atoms with E-state index in [0.717, 1.165) is 0 Å². The quantitative estimate of drug-likeness (QED) is 0.329. The second-order valence-corrected chi connectivity index (χ2v) is 6.65. The van der Waals surface area contributed by atoms with Gasteiger partial charge >= 0.3 is 5.97 Å². The van der Waals surface area contributed by atoms with E-state index in [9.17, 15) is 24.6 Å². The van der Waals surface area contributed by atoms with Crippen LogP contribution in [0.5, 0.6) is 5.75 Å². The molecule has 0 saturated carbocycles. The van der Waals surface area contributed by atoms with Crippen molar-refractivity contribution in [2.75, 3.05) is 5.75 Å². The van der Waals surface area contributed by atoms with Gasteiger partial charge in [-0.25, -0.2) is 4.79 Å². The number of amides is 2. The standard InChI is InChI=1S/C17H25N3O5S/c1-9(2)14(18)16(23)20-13(8-26)15(22)19-12(17(24)25)7-10-3-5-11(21)6-4-10/h3-6,9,12-14,21,26H,7-8,18H2,1-2H3,(H,19,22)(H,20,23)(H,24,25)/t12-,13-,14-/m0/s1. The number of thiol groups is 1. The first-order valence-corrected chi connectivity index (χ1v) is 8.76. The van der Waals surface area contributed by atoms with Gasteiger partial charge in [0.2, 0.25) is 11.8 Å². The number of phenols is 1. The van der Waals surface area contributed by atoms with Crippen LogP contribution < -0.4 is 16.4 Å². The van der Waals surface area contributed by atoms with Crippen molar-refractivity contribution in [3.63, 3.8) is 0 Å². The lowest BCUT2D eigenvalue weighted by molar-refractivity contribution is -0.142. The monoisotopic (exact) mass is 383 g/mol. The van der Waals surface area contributed by atoms with Crippen molar-refractivity contribution >= 4 is 30.4 Å². The van der Waals surface area contributed by atoms with Crippen LogP contribution in [0, 0.1) is 5.92 Å². The smallest absolute Gasteiger partial charge is 0.326 e. The zero-order valence-corrected chi connectivity index (χ0v) is 15.6. The van der Waals surface area contributed by atoms with Gasteiger partial charge in [0.05, 0.1) is 6.04 Å². The summed E-state index contributed by atoms with van der Waals surface area (Å²) < 4.78 is 0. The van der Waals surface area contributed by atoms with Gasteiger partial charge in [-0.1, -0.05) is 26.0 Å². The molecule has 0 fully saturated rings. The number of benzene rings is 1. The van der Waals surface area contributed by atoms with E-state index in [1.54, 1.807) is 26.0 Å². The zero-order valence-electron chi connectivity index (χ0n) is 14.7. The largest absolute Gasteiger partial charge is 0.508 e. The van der Waals surface area contributed by atoms with Crippen LogP contribution in [0.2, 0.25) is 0 Å². The van der Waals surface area contributed by atoms with Crippen molar-refractivity contribution in [2.45, 2.75) is 38.4 Å². The minimum absolute atomic E-state index is 0.00601. The summed E-state index contributed by atoms with van der Waals surface area (Å²) in [5, 5.41) is 23.5. The second-order valence-electron chi connectivity index (χ2n) is 6.28. The van der Waals surface area contributed by atoms with Crippen molar-refractivity contribution in [3.8, 4) is 5.75 Å². The highest BCUT2D eigenvalue weighted by Crippen LogP contribution is 2.11. The molecule has 0 spiro atoms. The number of aliphatic carboxylic acids is 1. The van der Waals surface area contributed by atoms with E-state index < -0.39 is 35.9 Å². The summed E-state index contributed by atoms with van der Waals surface area (Å²) in [5.41, 5.74) is 6.37. The number of phenolic OH excluding ortho intramolecular Hbond substituents is 1. The van der Waals surface area contributed by atoms with Crippen LogP contribution in [0.15, 0.2) is 24.3 Å². The van der Waals surface area contributed by atoms with Gasteiger partial charge < -0.3 is 26.6 Å². The lowest BCUT2D eigenvalue weighted by Gasteiger charge is -2.22. The number of nitrogens with two attached hydrogens (primary N) is 1. The molecule has 0 bridgehead atoms. The van der Waals surface area contributed by atoms with Gasteiger partial charge in [-0.3, -0.25) is 9.59 Å². The molecule has 3 atom stereocenters. The lowest BCUT2D eigenvalue weighted by Crippen LogP contribution is -2.56. The number of carbonyl (C=O) groups excluding carboxylic acids is 2. The molecule has 1 rings (SSSR count). The fourth-order valence-corrected chi connectivity index (χ4v) is 2.36. The molecule has 0 aromatic heterocycles. The van der Waals surface area contributed by atoms with E-state index in [2.05, 4.69) is 23.3 Å². The number of carboxylic acid groups (broad SMARTS) is 1. The van der Waals surface area contributed by atoms with Crippen molar-refractivity contribution in [1.82, 2.24) is 10.6 Å². The molecule has 0 heterocycles. The molecule has 0 aliphatic rings. The van der Waals surface area contributed by atoms with Gasteiger partial charge in [-0.2, -0.15) is 12.6 Å². The number of hydrogen-bond donors (Lipinski definition) is 6. The van der Waals surface area contributed by atoms with Crippen LogP contribution in [-0.2, 0) is 20.8 Å². The van der Waals surface area contributed by atoms with E-state index >= 15 is 0 Å². The van der Waals surface area contributed by atoms with E-state index in [0.29, 0.717) is 5.56 Å². The maximum Gasteiger partial charge on any atom is 0.326 e. The van der Waals surface area contributed by atoms with Crippen LogP contribution >= 0.6 is 12.6 Å². The summed E-state index contributed by atoms with van der Waals surface area (Å²) in [6.45, 7) is 3.55. The van der Waals surface area contributed by atoms with Crippen LogP contribution in [0.3, 0.4) is 0 Å². The first-order chi connectivity index (χ1) is 12.1. The third kappa shape index (κ3) is 6.57. The minimum Gasteiger partial charge on any atom is -0.508 e. The topological polar surface area (TPSA) is 142 Å². The fourth-order valence-electron chi connectivity index (χ4n) is 2.10. The third-order valence-electron chi connectivity index (χ3n) is 3.83. The Morgan fingerprint density at radius 2 is 1.62 bits per heavy atom. The third-order valence-corrected chi connectivity index (χ3v) is 4.19. The molecule has 26 heavy (non-hydrogen) atoms. The highest BCUT2D eigenvalue weighted by molar-refractivity contribution is 7.80. The summed E-state index contributed by atoms with van der Waals surface area (Å²) in [6, 6.07) is 3.02. The van der Waals surface area contributed by atoms with Gasteiger partial charge in [0, 0.05) is 12.2 Å². The second kappa shape index (κ2) is 10.0. The summed E-state index contributed by atoms with van der Waals surface area (Å²) in [4.78, 5) is 35.8. The highest BCUT2D eigenvalue weighted by atomic mass is 32.1. The number of hydrogen-bond acceptors (Lipinski definition) is 6. The van der Waals surface area contributed by atoms with Crippen molar-refractivity contribution < 1.29 is 24.6 Å². The molecule has 0 aliphatic heterocycles. The van der Waals surface area contributed by atoms with E-state index in [4.69, 9.17) is 5.73 Å². The molecule has 0 radical (unpaired) electrons. The number of carboxylic acids is 1. The molecule has 0 aliphatic carbocycles. The molecule has 144 valence electrons. The van der Waals surface area contributed by atoms with E-state index in [-0.39, 0.29) is 23.8 Å². The number of carbonyl (C=O) groups is 3. The Balaban J connectivity index is 2.76. The maximum atomic E-state index is 12.3. The molecule has 1 aromatic carbocycles. The van der Waals surface area contributed by atoms with Crippen LogP contribution in [-0.4, -0.2) is 51.9 Å². The van der Waals surface area contributed by atoms with Crippen LogP contribution in [0.25, 0.3) is 0 Å². The van der Waals surface area contributed by atoms with Gasteiger partial charge in [0.25, 0.3) is 0 Å². The number of rotatable bonds is 9. The Hall–Kier alpha value is -2.26. The maximum absolute atomic E-state index is 12.3. The predicted molar refractivity (Wildman–Crippen MR) is 100.0 cm³/mol. The van der Waals surface area contributed by atoms with E-state index in [1.807, 2.05) is 0 Å². The predicted octanol–water partition coefficient (Wildman–Crippen LogP) is -0.0980. The molecular weight excluding hydrogens is 358 g/mol. The fraction of sp³-hybridized carbons (Fsp3) is 0.471. The zero-order chi connectivity index (χ0) is 19.9. The van der Waals surface area contributed by atoms with Crippen molar-refractivity contribution in [1.29, 1.82) is 0 Å². The lowest BCUT2D eigenvalue weighted by atomic mass is 10.0. The highest BCUT2D eigenvalue weighted by Gasteiger charge is 2.28. The Bertz CT molecular complexity index is 636. The van der Waals surface area contributed by atoms with Gasteiger partial charge in [-0.15, -0.1) is 0 Å². The molecule has 8 nitrogen and oxygen atoms in total. The van der Waals surface area contributed by atoms with Crippen molar-refractivity contribution in [3.05, 3.63) is 29.8 Å².